The molecular formula is C9H4Br2F6. The van der Waals surface area contributed by atoms with Crippen LogP contribution in [0.15, 0.2) is 16.6 Å². The van der Waals surface area contributed by atoms with E-state index in [0.717, 1.165) is 6.07 Å². The second-order valence-electron chi connectivity index (χ2n) is 3.13. The van der Waals surface area contributed by atoms with Crippen molar-refractivity contribution in [3.63, 3.8) is 0 Å². The molecule has 0 N–H and O–H groups in total. The molecule has 1 aromatic rings. The van der Waals surface area contributed by atoms with Crippen LogP contribution in [0.25, 0.3) is 0 Å². The lowest BCUT2D eigenvalue weighted by molar-refractivity contribution is -0.162. The van der Waals surface area contributed by atoms with Gasteiger partial charge in [-0.2, -0.15) is 26.3 Å². The zero-order chi connectivity index (χ0) is 13.4. The summed E-state index contributed by atoms with van der Waals surface area (Å²) in [6, 6.07) is 1.50. The Morgan fingerprint density at radius 2 is 1.47 bits per heavy atom. The molecule has 96 valence electrons. The molecule has 0 atom stereocenters. The Balaban J connectivity index is 3.58. The summed E-state index contributed by atoms with van der Waals surface area (Å²) in [6.45, 7) is 0. The van der Waals surface area contributed by atoms with Crippen LogP contribution in [-0.2, 0) is 17.7 Å². The molecule has 0 unspecified atom stereocenters. The Hall–Kier alpha value is -0.240. The predicted octanol–water partition coefficient (Wildman–Crippen LogP) is 5.38. The lowest BCUT2D eigenvalue weighted by atomic mass is 10.0. The molecule has 17 heavy (non-hydrogen) atoms. The van der Waals surface area contributed by atoms with Gasteiger partial charge in [0, 0.05) is 9.80 Å². The molecule has 0 radical (unpaired) electrons. The lowest BCUT2D eigenvalue weighted by Gasteiger charge is -2.18. The molecule has 0 aliphatic heterocycles. The van der Waals surface area contributed by atoms with E-state index in [1.54, 1.807) is 0 Å². The summed E-state index contributed by atoms with van der Waals surface area (Å²) in [5, 5.41) is 0.0345. The first kappa shape index (κ1) is 14.8. The number of halogens is 8. The van der Waals surface area contributed by atoms with Crippen molar-refractivity contribution in [3.8, 4) is 0 Å². The van der Waals surface area contributed by atoms with Gasteiger partial charge in [0.1, 0.15) is 0 Å². The first-order chi connectivity index (χ1) is 7.57. The standard InChI is InChI=1S/C9H4Br2F6/c10-3-4-1-5(8(12,13)14)7(6(11)2-4)9(15,16)17/h1-2H,3H2. The average molecular weight is 386 g/mol. The normalized spacial score (nSPS) is 12.9. The first-order valence-electron chi connectivity index (χ1n) is 4.10. The van der Waals surface area contributed by atoms with Gasteiger partial charge in [-0.3, -0.25) is 0 Å². The van der Waals surface area contributed by atoms with E-state index in [1.165, 1.54) is 0 Å². The highest BCUT2D eigenvalue weighted by atomic mass is 79.9. The van der Waals surface area contributed by atoms with Crippen LogP contribution in [0.1, 0.15) is 16.7 Å². The maximum Gasteiger partial charge on any atom is 0.418 e. The smallest absolute Gasteiger partial charge is 0.166 e. The molecule has 8 heteroatoms. The van der Waals surface area contributed by atoms with Gasteiger partial charge in [0.25, 0.3) is 0 Å². The summed E-state index contributed by atoms with van der Waals surface area (Å²) >= 11 is 5.42. The van der Waals surface area contributed by atoms with Crippen LogP contribution in [0.4, 0.5) is 26.3 Å². The van der Waals surface area contributed by atoms with Crippen molar-refractivity contribution in [3.05, 3.63) is 33.3 Å². The third kappa shape index (κ3) is 3.37. The summed E-state index contributed by atoms with van der Waals surface area (Å²) in [6.07, 6.45) is -10.1. The van der Waals surface area contributed by atoms with E-state index in [0.29, 0.717) is 6.07 Å². The van der Waals surface area contributed by atoms with Crippen molar-refractivity contribution in [2.75, 3.05) is 0 Å². The number of benzene rings is 1. The van der Waals surface area contributed by atoms with Crippen LogP contribution in [0.2, 0.25) is 0 Å². The van der Waals surface area contributed by atoms with E-state index >= 15 is 0 Å². The van der Waals surface area contributed by atoms with Gasteiger partial charge in [0.2, 0.25) is 0 Å². The van der Waals surface area contributed by atoms with Crippen LogP contribution in [0.5, 0.6) is 0 Å². The second kappa shape index (κ2) is 4.79. The Morgan fingerprint density at radius 3 is 1.82 bits per heavy atom. The van der Waals surface area contributed by atoms with Gasteiger partial charge >= 0.3 is 12.4 Å². The Kier molecular flexibility index (Phi) is 4.18. The van der Waals surface area contributed by atoms with Gasteiger partial charge in [0.05, 0.1) is 11.1 Å². The molecule has 0 amide bonds. The van der Waals surface area contributed by atoms with Gasteiger partial charge in [-0.05, 0) is 17.7 Å². The molecule has 1 aromatic carbocycles. The maximum absolute atomic E-state index is 12.5. The highest BCUT2D eigenvalue weighted by molar-refractivity contribution is 9.10. The molecule has 0 saturated heterocycles. The van der Waals surface area contributed by atoms with Crippen LogP contribution in [0.3, 0.4) is 0 Å². The van der Waals surface area contributed by atoms with E-state index in [-0.39, 0.29) is 10.9 Å². The van der Waals surface area contributed by atoms with E-state index < -0.39 is 28.0 Å². The highest BCUT2D eigenvalue weighted by Gasteiger charge is 2.44. The molecule has 0 heterocycles. The van der Waals surface area contributed by atoms with E-state index in [4.69, 9.17) is 0 Å². The number of alkyl halides is 7. The van der Waals surface area contributed by atoms with Crippen LogP contribution in [-0.4, -0.2) is 0 Å². The average Bonchev–Trinajstić information content (AvgIpc) is 2.12. The van der Waals surface area contributed by atoms with Crippen molar-refractivity contribution < 1.29 is 26.3 Å². The number of hydrogen-bond acceptors (Lipinski definition) is 0. The highest BCUT2D eigenvalue weighted by Crippen LogP contribution is 2.44. The van der Waals surface area contributed by atoms with Crippen molar-refractivity contribution >= 4 is 31.9 Å². The molecule has 0 aliphatic carbocycles. The quantitative estimate of drug-likeness (QED) is 0.449. The van der Waals surface area contributed by atoms with Crippen molar-refractivity contribution in [2.24, 2.45) is 0 Å². The minimum Gasteiger partial charge on any atom is -0.166 e. The molecule has 0 nitrogen and oxygen atoms in total. The van der Waals surface area contributed by atoms with E-state index in [2.05, 4.69) is 31.9 Å². The number of hydrogen-bond donors (Lipinski definition) is 0. The molecule has 0 fully saturated rings. The Bertz CT molecular complexity index is 421. The van der Waals surface area contributed by atoms with Crippen LogP contribution in [0, 0.1) is 0 Å². The Morgan fingerprint density at radius 1 is 0.941 bits per heavy atom. The summed E-state index contributed by atoms with van der Waals surface area (Å²) in [5.41, 5.74) is -3.28. The molecule has 1 rings (SSSR count). The van der Waals surface area contributed by atoms with Crippen LogP contribution >= 0.6 is 31.9 Å². The second-order valence-corrected chi connectivity index (χ2v) is 4.54. The van der Waals surface area contributed by atoms with Crippen molar-refractivity contribution in [2.45, 2.75) is 17.7 Å². The van der Waals surface area contributed by atoms with E-state index in [1.807, 2.05) is 0 Å². The molecule has 0 spiro atoms. The summed E-state index contributed by atoms with van der Waals surface area (Å²) < 4.78 is 74.6. The molecular weight excluding hydrogens is 382 g/mol. The van der Waals surface area contributed by atoms with Gasteiger partial charge < -0.3 is 0 Å². The largest absolute Gasteiger partial charge is 0.418 e. The fraction of sp³-hybridized carbons (Fsp3) is 0.333. The zero-order valence-electron chi connectivity index (χ0n) is 7.89. The summed E-state index contributed by atoms with van der Waals surface area (Å²) in [4.78, 5) is 0. The fourth-order valence-electron chi connectivity index (χ4n) is 1.25. The minimum absolute atomic E-state index is 0.0345. The van der Waals surface area contributed by atoms with Crippen LogP contribution < -0.4 is 0 Å². The van der Waals surface area contributed by atoms with Gasteiger partial charge in [0.15, 0.2) is 0 Å². The molecule has 0 saturated carbocycles. The van der Waals surface area contributed by atoms with Gasteiger partial charge in [-0.25, -0.2) is 0 Å². The van der Waals surface area contributed by atoms with Gasteiger partial charge in [-0.15, -0.1) is 0 Å². The van der Waals surface area contributed by atoms with Crippen molar-refractivity contribution in [1.29, 1.82) is 0 Å². The number of rotatable bonds is 1. The maximum atomic E-state index is 12.5. The summed E-state index contributed by atoms with van der Waals surface area (Å²) in [5.74, 6) is 0. The zero-order valence-corrected chi connectivity index (χ0v) is 11.1. The predicted molar refractivity (Wildman–Crippen MR) is 56.8 cm³/mol. The third-order valence-corrected chi connectivity index (χ3v) is 3.17. The molecule has 0 aliphatic rings. The monoisotopic (exact) mass is 384 g/mol. The fourth-order valence-corrected chi connectivity index (χ4v) is 2.31. The lowest BCUT2D eigenvalue weighted by Crippen LogP contribution is -2.17. The van der Waals surface area contributed by atoms with E-state index in [9.17, 15) is 26.3 Å². The Labute approximate surface area is 109 Å². The first-order valence-corrected chi connectivity index (χ1v) is 6.01. The summed E-state index contributed by atoms with van der Waals surface area (Å²) in [7, 11) is 0. The van der Waals surface area contributed by atoms with Crippen molar-refractivity contribution in [1.82, 2.24) is 0 Å². The molecule has 0 bridgehead atoms. The minimum atomic E-state index is -5.06. The van der Waals surface area contributed by atoms with Gasteiger partial charge in [-0.1, -0.05) is 31.9 Å². The topological polar surface area (TPSA) is 0 Å². The molecule has 0 aromatic heterocycles. The third-order valence-electron chi connectivity index (χ3n) is 1.89. The SMILES string of the molecule is FC(F)(F)c1cc(CBr)cc(Br)c1C(F)(F)F.